The van der Waals surface area contributed by atoms with Gasteiger partial charge in [0, 0.05) is 18.8 Å². The number of rotatable bonds is 8. The minimum atomic E-state index is -0.161. The second-order valence-electron chi connectivity index (χ2n) is 8.78. The highest BCUT2D eigenvalue weighted by Crippen LogP contribution is 2.70. The summed E-state index contributed by atoms with van der Waals surface area (Å²) >= 11 is 0. The molecule has 2 saturated carbocycles. The molecule has 0 saturated heterocycles. The van der Waals surface area contributed by atoms with Gasteiger partial charge >= 0.3 is 0 Å². The normalized spacial score (nSPS) is 25.5. The maximum Gasteiger partial charge on any atom is 0.253 e. The van der Waals surface area contributed by atoms with E-state index in [2.05, 4.69) is 39.8 Å². The third-order valence-corrected chi connectivity index (χ3v) is 6.95. The molecule has 2 aromatic rings. The molecule has 6 heteroatoms. The number of pyridine rings is 1. The molecule has 3 atom stereocenters. The minimum Gasteiger partial charge on any atom is -0.370 e. The van der Waals surface area contributed by atoms with Crippen molar-refractivity contribution >= 4 is 11.7 Å². The maximum atomic E-state index is 12.4. The van der Waals surface area contributed by atoms with Gasteiger partial charge in [-0.15, -0.1) is 0 Å². The van der Waals surface area contributed by atoms with Crippen molar-refractivity contribution in [2.45, 2.75) is 45.6 Å². The van der Waals surface area contributed by atoms with Crippen molar-refractivity contribution in [1.29, 1.82) is 0 Å². The molecule has 0 radical (unpaired) electrons. The summed E-state index contributed by atoms with van der Waals surface area (Å²) in [6, 6.07) is 5.60. The number of allylic oxidation sites excluding steroid dienone is 2. The van der Waals surface area contributed by atoms with Crippen molar-refractivity contribution in [1.82, 2.24) is 15.5 Å². The first-order valence-electron chi connectivity index (χ1n) is 10.8. The Morgan fingerprint density at radius 1 is 1.31 bits per heavy atom. The molecule has 0 unspecified atom stereocenters. The monoisotopic (exact) mass is 392 g/mol. The first-order valence-corrected chi connectivity index (χ1v) is 10.8. The fraction of sp³-hybridized carbons (Fsp3) is 0.522. The number of nitrogens with zero attached hydrogens (tertiary/aromatic N) is 2. The zero-order chi connectivity index (χ0) is 19.8. The van der Waals surface area contributed by atoms with Gasteiger partial charge in [0.2, 0.25) is 0 Å². The van der Waals surface area contributed by atoms with Crippen LogP contribution in [0.15, 0.2) is 41.1 Å². The van der Waals surface area contributed by atoms with E-state index in [1.165, 1.54) is 19.3 Å². The molecule has 1 amide bonds. The fourth-order valence-corrected chi connectivity index (χ4v) is 5.31. The Bertz CT molecular complexity index is 913. The van der Waals surface area contributed by atoms with Gasteiger partial charge < -0.3 is 15.2 Å². The van der Waals surface area contributed by atoms with E-state index in [9.17, 15) is 4.79 Å². The summed E-state index contributed by atoms with van der Waals surface area (Å²) in [6.07, 6.45) is 12.5. The summed E-state index contributed by atoms with van der Waals surface area (Å²) in [7, 11) is 0. The molecular formula is C23H28N4O2. The number of anilines is 1. The SMILES string of the molecule is CCCc1cc(CNC(=O)c2ccc(NC[C@H]3C[C@H]4C=C[C@H]3C43CC3)nc2)on1. The van der Waals surface area contributed by atoms with E-state index in [0.29, 0.717) is 29.2 Å². The molecule has 1 spiro atoms. The molecule has 3 aliphatic rings. The summed E-state index contributed by atoms with van der Waals surface area (Å²) in [6.45, 7) is 3.38. The van der Waals surface area contributed by atoms with Gasteiger partial charge in [-0.3, -0.25) is 4.79 Å². The number of hydrogen-bond acceptors (Lipinski definition) is 5. The van der Waals surface area contributed by atoms with Crippen LogP contribution in [0.3, 0.4) is 0 Å². The van der Waals surface area contributed by atoms with Crippen molar-refractivity contribution in [2.75, 3.05) is 11.9 Å². The first-order chi connectivity index (χ1) is 14.2. The van der Waals surface area contributed by atoms with Crippen LogP contribution in [0.4, 0.5) is 5.82 Å². The molecule has 0 aliphatic heterocycles. The van der Waals surface area contributed by atoms with E-state index in [4.69, 9.17) is 4.52 Å². The Morgan fingerprint density at radius 2 is 2.21 bits per heavy atom. The second-order valence-corrected chi connectivity index (χ2v) is 8.78. The molecule has 2 N–H and O–H groups in total. The van der Waals surface area contributed by atoms with Crippen molar-refractivity contribution in [3.8, 4) is 0 Å². The number of hydrogen-bond donors (Lipinski definition) is 2. The zero-order valence-electron chi connectivity index (χ0n) is 16.9. The van der Waals surface area contributed by atoms with Gasteiger partial charge in [-0.05, 0) is 61.0 Å². The molecule has 3 aliphatic carbocycles. The first kappa shape index (κ1) is 18.4. The number of carbonyl (C=O) groups excluding carboxylic acids is 1. The molecule has 2 heterocycles. The number of aryl methyl sites for hydroxylation is 1. The van der Waals surface area contributed by atoms with Crippen molar-refractivity contribution in [3.63, 3.8) is 0 Å². The molecule has 152 valence electrons. The lowest BCUT2D eigenvalue weighted by molar-refractivity contribution is 0.0946. The van der Waals surface area contributed by atoms with Crippen LogP contribution in [0.2, 0.25) is 0 Å². The standard InChI is InChI=1S/C23H28N4O2/c1-2-3-18-11-19(29-27-18)14-26-22(28)15-4-7-21(24-12-15)25-13-16-10-17-5-6-20(16)23(17)8-9-23/h4-7,11-12,16-17,20H,2-3,8-10,13-14H2,1H3,(H,24,25)(H,26,28)/t16-,17-,20-/m1/s1. The van der Waals surface area contributed by atoms with Gasteiger partial charge in [0.15, 0.2) is 5.76 Å². The third kappa shape index (κ3) is 3.45. The fourth-order valence-electron chi connectivity index (χ4n) is 5.31. The van der Waals surface area contributed by atoms with Crippen LogP contribution >= 0.6 is 0 Å². The summed E-state index contributed by atoms with van der Waals surface area (Å²) < 4.78 is 5.25. The van der Waals surface area contributed by atoms with Gasteiger partial charge in [0.1, 0.15) is 5.82 Å². The average Bonchev–Trinajstić information content (AvgIpc) is 3.19. The summed E-state index contributed by atoms with van der Waals surface area (Å²) in [5, 5.41) is 10.3. The largest absolute Gasteiger partial charge is 0.370 e. The number of carbonyl (C=O) groups is 1. The topological polar surface area (TPSA) is 80.0 Å². The van der Waals surface area contributed by atoms with E-state index in [-0.39, 0.29) is 5.91 Å². The quantitative estimate of drug-likeness (QED) is 0.665. The highest BCUT2D eigenvalue weighted by atomic mass is 16.5. The smallest absolute Gasteiger partial charge is 0.253 e. The van der Waals surface area contributed by atoms with E-state index in [1.807, 2.05) is 18.2 Å². The van der Waals surface area contributed by atoms with Crippen LogP contribution in [-0.2, 0) is 13.0 Å². The summed E-state index contributed by atoms with van der Waals surface area (Å²) in [4.78, 5) is 16.8. The molecule has 2 bridgehead atoms. The summed E-state index contributed by atoms with van der Waals surface area (Å²) in [5.74, 6) is 3.60. The molecule has 6 nitrogen and oxygen atoms in total. The number of amides is 1. The highest BCUT2D eigenvalue weighted by molar-refractivity contribution is 5.93. The number of aromatic nitrogens is 2. The van der Waals surface area contributed by atoms with E-state index in [0.717, 1.165) is 42.7 Å². The van der Waals surface area contributed by atoms with Crippen LogP contribution in [0.25, 0.3) is 0 Å². The van der Waals surface area contributed by atoms with Gasteiger partial charge in [0.25, 0.3) is 5.91 Å². The summed E-state index contributed by atoms with van der Waals surface area (Å²) in [5.41, 5.74) is 2.10. The third-order valence-electron chi connectivity index (χ3n) is 6.95. The van der Waals surface area contributed by atoms with E-state index >= 15 is 0 Å². The lowest BCUT2D eigenvalue weighted by Gasteiger charge is -2.20. The van der Waals surface area contributed by atoms with E-state index < -0.39 is 0 Å². The molecular weight excluding hydrogens is 364 g/mol. The Balaban J connectivity index is 1.11. The maximum absolute atomic E-state index is 12.4. The van der Waals surface area contributed by atoms with Crippen molar-refractivity contribution in [2.24, 2.45) is 23.2 Å². The highest BCUT2D eigenvalue weighted by Gasteiger charge is 2.62. The zero-order valence-corrected chi connectivity index (χ0v) is 16.9. The van der Waals surface area contributed by atoms with E-state index in [1.54, 1.807) is 6.20 Å². The molecule has 5 rings (SSSR count). The Hall–Kier alpha value is -2.63. The minimum absolute atomic E-state index is 0.161. The van der Waals surface area contributed by atoms with Crippen LogP contribution in [0, 0.1) is 23.2 Å². The molecule has 2 fully saturated rings. The van der Waals surface area contributed by atoms with Crippen molar-refractivity contribution in [3.05, 3.63) is 53.6 Å². The van der Waals surface area contributed by atoms with Gasteiger partial charge in [-0.25, -0.2) is 4.98 Å². The van der Waals surface area contributed by atoms with Gasteiger partial charge in [-0.2, -0.15) is 0 Å². The molecule has 29 heavy (non-hydrogen) atoms. The predicted octanol–water partition coefficient (Wildman–Crippen LogP) is 3.97. The lowest BCUT2D eigenvalue weighted by Crippen LogP contribution is -2.23. The predicted molar refractivity (Wildman–Crippen MR) is 110 cm³/mol. The van der Waals surface area contributed by atoms with Crippen molar-refractivity contribution < 1.29 is 9.32 Å². The number of nitrogens with one attached hydrogen (secondary N) is 2. The van der Waals surface area contributed by atoms with Gasteiger partial charge in [-0.1, -0.05) is 30.7 Å². The van der Waals surface area contributed by atoms with Crippen LogP contribution < -0.4 is 10.6 Å². The Kier molecular flexibility index (Phi) is 4.64. The molecule has 0 aromatic carbocycles. The Morgan fingerprint density at radius 3 is 2.93 bits per heavy atom. The van der Waals surface area contributed by atoms with Crippen LogP contribution in [0.5, 0.6) is 0 Å². The van der Waals surface area contributed by atoms with Crippen LogP contribution in [0.1, 0.15) is 54.4 Å². The average molecular weight is 393 g/mol. The Labute approximate surface area is 171 Å². The van der Waals surface area contributed by atoms with Crippen LogP contribution in [-0.4, -0.2) is 22.6 Å². The lowest BCUT2D eigenvalue weighted by atomic mass is 9.89. The van der Waals surface area contributed by atoms with Gasteiger partial charge in [0.05, 0.1) is 17.8 Å². The second kappa shape index (κ2) is 7.32. The molecule has 2 aromatic heterocycles.